The average Bonchev–Trinajstić information content (AvgIpc) is 2.49. The minimum absolute atomic E-state index is 0.325. The lowest BCUT2D eigenvalue weighted by atomic mass is 9.81. The fourth-order valence-electron chi connectivity index (χ4n) is 3.85. The first kappa shape index (κ1) is 17.2. The second kappa shape index (κ2) is 8.47. The molecule has 1 unspecified atom stereocenters. The third kappa shape index (κ3) is 5.20. The molecule has 0 aromatic rings. The first-order valence-electron chi connectivity index (χ1n) is 8.82. The van der Waals surface area contributed by atoms with Crippen LogP contribution in [0.25, 0.3) is 0 Å². The van der Waals surface area contributed by atoms with Crippen LogP contribution in [0, 0.1) is 5.41 Å². The van der Waals surface area contributed by atoms with Gasteiger partial charge < -0.3 is 19.9 Å². The molecule has 2 saturated heterocycles. The molecule has 0 aromatic heterocycles. The SMILES string of the molecule is CCCNCC1(CN(C)C2CCN(C)CC2)CCCOC1. The highest BCUT2D eigenvalue weighted by Gasteiger charge is 2.35. The van der Waals surface area contributed by atoms with Crippen molar-refractivity contribution in [3.63, 3.8) is 0 Å². The molecule has 0 aromatic carbocycles. The molecule has 1 N–H and O–H groups in total. The van der Waals surface area contributed by atoms with Gasteiger partial charge in [-0.25, -0.2) is 0 Å². The zero-order valence-corrected chi connectivity index (χ0v) is 14.4. The van der Waals surface area contributed by atoms with Crippen molar-refractivity contribution in [2.75, 3.05) is 60.0 Å². The van der Waals surface area contributed by atoms with E-state index in [0.29, 0.717) is 5.41 Å². The molecule has 0 radical (unpaired) electrons. The van der Waals surface area contributed by atoms with Crippen molar-refractivity contribution >= 4 is 0 Å². The Morgan fingerprint density at radius 3 is 2.71 bits per heavy atom. The van der Waals surface area contributed by atoms with Gasteiger partial charge >= 0.3 is 0 Å². The van der Waals surface area contributed by atoms with E-state index >= 15 is 0 Å². The van der Waals surface area contributed by atoms with Crippen LogP contribution in [0.3, 0.4) is 0 Å². The Morgan fingerprint density at radius 1 is 1.33 bits per heavy atom. The topological polar surface area (TPSA) is 27.7 Å². The molecule has 0 spiro atoms. The van der Waals surface area contributed by atoms with Crippen LogP contribution in [0.5, 0.6) is 0 Å². The van der Waals surface area contributed by atoms with Crippen molar-refractivity contribution in [1.82, 2.24) is 15.1 Å². The molecule has 4 heteroatoms. The van der Waals surface area contributed by atoms with Crippen molar-refractivity contribution in [3.8, 4) is 0 Å². The van der Waals surface area contributed by atoms with Crippen LogP contribution in [0.15, 0.2) is 0 Å². The molecule has 21 heavy (non-hydrogen) atoms. The van der Waals surface area contributed by atoms with Gasteiger partial charge in [-0.15, -0.1) is 0 Å². The summed E-state index contributed by atoms with van der Waals surface area (Å²) in [7, 11) is 4.56. The standard InChI is InChI=1S/C17H35N3O/c1-4-9-18-13-17(8-5-12-21-15-17)14-20(3)16-6-10-19(2)11-7-16/h16,18H,4-15H2,1-3H3. The Hall–Kier alpha value is -0.160. The first-order valence-corrected chi connectivity index (χ1v) is 8.82. The van der Waals surface area contributed by atoms with Crippen LogP contribution in [0.1, 0.15) is 39.0 Å². The summed E-state index contributed by atoms with van der Waals surface area (Å²) in [6.07, 6.45) is 6.36. The van der Waals surface area contributed by atoms with Crippen molar-refractivity contribution in [2.24, 2.45) is 5.41 Å². The van der Waals surface area contributed by atoms with E-state index in [1.165, 1.54) is 51.7 Å². The van der Waals surface area contributed by atoms with E-state index in [4.69, 9.17) is 4.74 Å². The van der Waals surface area contributed by atoms with E-state index < -0.39 is 0 Å². The molecular formula is C17H35N3O. The molecule has 4 nitrogen and oxygen atoms in total. The Labute approximate surface area is 131 Å². The summed E-state index contributed by atoms with van der Waals surface area (Å²) in [5, 5.41) is 3.65. The van der Waals surface area contributed by atoms with Crippen LogP contribution in [-0.2, 0) is 4.74 Å². The first-order chi connectivity index (χ1) is 10.2. The van der Waals surface area contributed by atoms with E-state index in [-0.39, 0.29) is 0 Å². The Bertz CT molecular complexity index is 284. The van der Waals surface area contributed by atoms with Gasteiger partial charge in [0.25, 0.3) is 0 Å². The third-order valence-corrected chi connectivity index (χ3v) is 5.23. The van der Waals surface area contributed by atoms with Gasteiger partial charge in [-0.1, -0.05) is 6.92 Å². The second-order valence-corrected chi connectivity index (χ2v) is 7.28. The Kier molecular flexibility index (Phi) is 6.93. The van der Waals surface area contributed by atoms with E-state index in [1.807, 2.05) is 0 Å². The summed E-state index contributed by atoms with van der Waals surface area (Å²) >= 11 is 0. The van der Waals surface area contributed by atoms with E-state index in [2.05, 4.69) is 36.1 Å². The van der Waals surface area contributed by atoms with Crippen LogP contribution >= 0.6 is 0 Å². The number of nitrogens with one attached hydrogen (secondary N) is 1. The molecule has 2 aliphatic heterocycles. The van der Waals surface area contributed by atoms with Gasteiger partial charge in [-0.2, -0.15) is 0 Å². The molecule has 124 valence electrons. The van der Waals surface area contributed by atoms with Crippen LogP contribution in [0.4, 0.5) is 0 Å². The molecule has 0 aliphatic carbocycles. The summed E-state index contributed by atoms with van der Waals surface area (Å²) < 4.78 is 5.85. The van der Waals surface area contributed by atoms with Gasteiger partial charge in [0.15, 0.2) is 0 Å². The Balaban J connectivity index is 1.87. The number of nitrogens with zero attached hydrogens (tertiary/aromatic N) is 2. The summed E-state index contributed by atoms with van der Waals surface area (Å²) in [4.78, 5) is 5.07. The fraction of sp³-hybridized carbons (Fsp3) is 1.00. The number of hydrogen-bond acceptors (Lipinski definition) is 4. The van der Waals surface area contributed by atoms with Crippen molar-refractivity contribution < 1.29 is 4.74 Å². The molecule has 2 heterocycles. The molecule has 2 rings (SSSR count). The highest BCUT2D eigenvalue weighted by molar-refractivity contribution is 4.89. The van der Waals surface area contributed by atoms with Crippen LogP contribution in [0.2, 0.25) is 0 Å². The number of piperidine rings is 1. The molecule has 0 bridgehead atoms. The average molecular weight is 297 g/mol. The minimum atomic E-state index is 0.325. The number of rotatable bonds is 7. The highest BCUT2D eigenvalue weighted by Crippen LogP contribution is 2.30. The van der Waals surface area contributed by atoms with E-state index in [0.717, 1.165) is 32.3 Å². The second-order valence-electron chi connectivity index (χ2n) is 7.28. The molecule has 1 atom stereocenters. The van der Waals surface area contributed by atoms with Crippen molar-refractivity contribution in [1.29, 1.82) is 0 Å². The quantitative estimate of drug-likeness (QED) is 0.725. The third-order valence-electron chi connectivity index (χ3n) is 5.23. The largest absolute Gasteiger partial charge is 0.381 e. The summed E-state index contributed by atoms with van der Waals surface area (Å²) in [6, 6.07) is 0.756. The molecule has 0 saturated carbocycles. The maximum atomic E-state index is 5.85. The number of hydrogen-bond donors (Lipinski definition) is 1. The monoisotopic (exact) mass is 297 g/mol. The zero-order chi connectivity index (χ0) is 15.1. The fourth-order valence-corrected chi connectivity index (χ4v) is 3.85. The smallest absolute Gasteiger partial charge is 0.0546 e. The normalized spacial score (nSPS) is 29.1. The summed E-state index contributed by atoms with van der Waals surface area (Å²) in [5.74, 6) is 0. The molecule has 2 fully saturated rings. The number of likely N-dealkylation sites (tertiary alicyclic amines) is 1. The summed E-state index contributed by atoms with van der Waals surface area (Å²) in [5.41, 5.74) is 0.325. The molecule has 2 aliphatic rings. The lowest BCUT2D eigenvalue weighted by molar-refractivity contribution is -0.0317. The molecular weight excluding hydrogens is 262 g/mol. The minimum Gasteiger partial charge on any atom is -0.381 e. The lowest BCUT2D eigenvalue weighted by Crippen LogP contribution is -2.52. The van der Waals surface area contributed by atoms with Gasteiger partial charge in [0, 0.05) is 31.2 Å². The van der Waals surface area contributed by atoms with Gasteiger partial charge in [-0.05, 0) is 65.8 Å². The maximum Gasteiger partial charge on any atom is 0.0546 e. The van der Waals surface area contributed by atoms with Gasteiger partial charge in [-0.3, -0.25) is 0 Å². The predicted octanol–water partition coefficient (Wildman–Crippen LogP) is 1.81. The lowest BCUT2D eigenvalue weighted by Gasteiger charge is -2.43. The maximum absolute atomic E-state index is 5.85. The Morgan fingerprint density at radius 2 is 2.10 bits per heavy atom. The van der Waals surface area contributed by atoms with E-state index in [9.17, 15) is 0 Å². The van der Waals surface area contributed by atoms with Gasteiger partial charge in [0.2, 0.25) is 0 Å². The van der Waals surface area contributed by atoms with Gasteiger partial charge in [0.05, 0.1) is 6.61 Å². The van der Waals surface area contributed by atoms with Crippen LogP contribution < -0.4 is 5.32 Å². The zero-order valence-electron chi connectivity index (χ0n) is 14.4. The molecule has 0 amide bonds. The van der Waals surface area contributed by atoms with Crippen molar-refractivity contribution in [3.05, 3.63) is 0 Å². The van der Waals surface area contributed by atoms with E-state index in [1.54, 1.807) is 0 Å². The van der Waals surface area contributed by atoms with Crippen LogP contribution in [-0.4, -0.2) is 75.9 Å². The van der Waals surface area contributed by atoms with Crippen molar-refractivity contribution in [2.45, 2.75) is 45.1 Å². The van der Waals surface area contributed by atoms with Gasteiger partial charge in [0.1, 0.15) is 0 Å². The number of ether oxygens (including phenoxy) is 1. The summed E-state index contributed by atoms with van der Waals surface area (Å²) in [6.45, 7) is 10.0. The predicted molar refractivity (Wildman–Crippen MR) is 88.8 cm³/mol. The highest BCUT2D eigenvalue weighted by atomic mass is 16.5.